The number of esters is 1. The molecular formula is C20H21Cl2NO4. The summed E-state index contributed by atoms with van der Waals surface area (Å²) in [6, 6.07) is 12.6. The second-order valence-electron chi connectivity index (χ2n) is 6.08. The molecule has 0 unspecified atom stereocenters. The van der Waals surface area contributed by atoms with Gasteiger partial charge in [0.1, 0.15) is 0 Å². The number of amides is 1. The number of benzene rings is 2. The van der Waals surface area contributed by atoms with Gasteiger partial charge in [0.15, 0.2) is 11.9 Å². The van der Waals surface area contributed by atoms with E-state index in [9.17, 15) is 9.59 Å². The van der Waals surface area contributed by atoms with Gasteiger partial charge in [0.2, 0.25) is 0 Å². The highest BCUT2D eigenvalue weighted by atomic mass is 35.5. The summed E-state index contributed by atoms with van der Waals surface area (Å²) in [6.45, 7) is 3.95. The Morgan fingerprint density at radius 2 is 1.67 bits per heavy atom. The van der Waals surface area contributed by atoms with Crippen molar-refractivity contribution < 1.29 is 19.1 Å². The Morgan fingerprint density at radius 1 is 1.07 bits per heavy atom. The molecule has 1 N–H and O–H groups in total. The van der Waals surface area contributed by atoms with Gasteiger partial charge in [-0.25, -0.2) is 4.79 Å². The fourth-order valence-corrected chi connectivity index (χ4v) is 3.09. The third-order valence-electron chi connectivity index (χ3n) is 4.04. The van der Waals surface area contributed by atoms with E-state index in [1.54, 1.807) is 0 Å². The van der Waals surface area contributed by atoms with Crippen molar-refractivity contribution in [3.8, 4) is 5.75 Å². The van der Waals surface area contributed by atoms with Crippen molar-refractivity contribution in [3.63, 3.8) is 0 Å². The molecule has 1 amide bonds. The molecular weight excluding hydrogens is 389 g/mol. The summed E-state index contributed by atoms with van der Waals surface area (Å²) in [4.78, 5) is 24.5. The van der Waals surface area contributed by atoms with Crippen molar-refractivity contribution in [1.82, 2.24) is 5.32 Å². The van der Waals surface area contributed by atoms with E-state index in [4.69, 9.17) is 32.7 Å². The Labute approximate surface area is 168 Å². The van der Waals surface area contributed by atoms with Gasteiger partial charge in [-0.15, -0.1) is 0 Å². The molecule has 2 rings (SSSR count). The third kappa shape index (κ3) is 5.62. The molecule has 0 aliphatic heterocycles. The zero-order valence-electron chi connectivity index (χ0n) is 15.3. The van der Waals surface area contributed by atoms with Crippen LogP contribution in [0.2, 0.25) is 10.0 Å². The standard InChI is InChI=1S/C20H21Cl2NO4/c1-12(14-7-5-4-6-8-14)11-23-19(24)13(2)27-20(25)15-9-16(21)18(26-3)17(22)10-15/h4-10,12-13H,11H2,1-3H3,(H,23,24)/t12-,13-/m1/s1. The van der Waals surface area contributed by atoms with Crippen LogP contribution in [-0.2, 0) is 9.53 Å². The number of carbonyl (C=O) groups is 2. The first-order valence-corrected chi connectivity index (χ1v) is 9.15. The largest absolute Gasteiger partial charge is 0.494 e. The van der Waals surface area contributed by atoms with Gasteiger partial charge in [0.25, 0.3) is 5.91 Å². The van der Waals surface area contributed by atoms with Crippen LogP contribution in [0.1, 0.15) is 35.7 Å². The lowest BCUT2D eigenvalue weighted by Crippen LogP contribution is -2.37. The van der Waals surface area contributed by atoms with Crippen molar-refractivity contribution >= 4 is 35.1 Å². The van der Waals surface area contributed by atoms with Gasteiger partial charge in [-0.05, 0) is 30.5 Å². The molecule has 5 nitrogen and oxygen atoms in total. The third-order valence-corrected chi connectivity index (χ3v) is 4.60. The summed E-state index contributed by atoms with van der Waals surface area (Å²) < 4.78 is 10.3. The van der Waals surface area contributed by atoms with Crippen molar-refractivity contribution in [2.24, 2.45) is 0 Å². The van der Waals surface area contributed by atoms with Crippen LogP contribution in [0.4, 0.5) is 0 Å². The Bertz CT molecular complexity index is 788. The highest BCUT2D eigenvalue weighted by molar-refractivity contribution is 6.37. The summed E-state index contributed by atoms with van der Waals surface area (Å²) in [6.07, 6.45) is -0.958. The monoisotopic (exact) mass is 409 g/mol. The Hall–Kier alpha value is -2.24. The van der Waals surface area contributed by atoms with Gasteiger partial charge in [-0.2, -0.15) is 0 Å². The fraction of sp³-hybridized carbons (Fsp3) is 0.300. The topological polar surface area (TPSA) is 64.6 Å². The summed E-state index contributed by atoms with van der Waals surface area (Å²) >= 11 is 12.0. The maximum atomic E-state index is 12.3. The Morgan fingerprint density at radius 3 is 2.22 bits per heavy atom. The minimum absolute atomic E-state index is 0.136. The van der Waals surface area contributed by atoms with Crippen LogP contribution in [0.5, 0.6) is 5.75 Å². The van der Waals surface area contributed by atoms with E-state index in [2.05, 4.69) is 5.32 Å². The van der Waals surface area contributed by atoms with Crippen molar-refractivity contribution in [2.75, 3.05) is 13.7 Å². The summed E-state index contributed by atoms with van der Waals surface area (Å²) in [5, 5.41) is 3.16. The lowest BCUT2D eigenvalue weighted by Gasteiger charge is -2.17. The second-order valence-corrected chi connectivity index (χ2v) is 6.89. The number of halogens is 2. The van der Waals surface area contributed by atoms with E-state index in [1.807, 2.05) is 37.3 Å². The van der Waals surface area contributed by atoms with E-state index in [0.717, 1.165) is 5.56 Å². The van der Waals surface area contributed by atoms with E-state index < -0.39 is 12.1 Å². The van der Waals surface area contributed by atoms with Crippen LogP contribution < -0.4 is 10.1 Å². The Balaban J connectivity index is 1.93. The van der Waals surface area contributed by atoms with Gasteiger partial charge >= 0.3 is 5.97 Å². The fourth-order valence-electron chi connectivity index (χ4n) is 2.45. The minimum Gasteiger partial charge on any atom is -0.494 e. The van der Waals surface area contributed by atoms with E-state index in [0.29, 0.717) is 6.54 Å². The van der Waals surface area contributed by atoms with E-state index in [1.165, 1.54) is 26.2 Å². The van der Waals surface area contributed by atoms with Crippen LogP contribution >= 0.6 is 23.2 Å². The summed E-state index contributed by atoms with van der Waals surface area (Å²) in [7, 11) is 1.42. The number of hydrogen-bond acceptors (Lipinski definition) is 4. The van der Waals surface area contributed by atoms with E-state index in [-0.39, 0.29) is 33.2 Å². The quantitative estimate of drug-likeness (QED) is 0.685. The lowest BCUT2D eigenvalue weighted by atomic mass is 10.0. The summed E-state index contributed by atoms with van der Waals surface area (Å²) in [5.74, 6) is -0.662. The van der Waals surface area contributed by atoms with Crippen LogP contribution in [0.15, 0.2) is 42.5 Å². The normalized spacial score (nSPS) is 12.8. The smallest absolute Gasteiger partial charge is 0.339 e. The lowest BCUT2D eigenvalue weighted by molar-refractivity contribution is -0.129. The molecule has 0 aromatic heterocycles. The van der Waals surface area contributed by atoms with Gasteiger partial charge in [-0.3, -0.25) is 4.79 Å². The number of rotatable bonds is 7. The van der Waals surface area contributed by atoms with Crippen LogP contribution in [0, 0.1) is 0 Å². The molecule has 0 heterocycles. The molecule has 0 spiro atoms. The molecule has 2 aromatic rings. The average molecular weight is 410 g/mol. The van der Waals surface area contributed by atoms with Crippen LogP contribution in [0.25, 0.3) is 0 Å². The number of ether oxygens (including phenoxy) is 2. The number of methoxy groups -OCH3 is 1. The van der Waals surface area contributed by atoms with Crippen molar-refractivity contribution in [1.29, 1.82) is 0 Å². The molecule has 2 atom stereocenters. The maximum Gasteiger partial charge on any atom is 0.339 e. The highest BCUT2D eigenvalue weighted by Crippen LogP contribution is 2.34. The molecule has 0 aliphatic carbocycles. The van der Waals surface area contributed by atoms with Crippen molar-refractivity contribution in [2.45, 2.75) is 25.9 Å². The van der Waals surface area contributed by atoms with Crippen molar-refractivity contribution in [3.05, 3.63) is 63.6 Å². The first-order chi connectivity index (χ1) is 12.8. The molecule has 0 bridgehead atoms. The second kappa shape index (κ2) is 9.62. The Kier molecular flexibility index (Phi) is 7.51. The average Bonchev–Trinajstić information content (AvgIpc) is 2.66. The van der Waals surface area contributed by atoms with Gasteiger partial charge in [0.05, 0.1) is 22.7 Å². The highest BCUT2D eigenvalue weighted by Gasteiger charge is 2.21. The van der Waals surface area contributed by atoms with Crippen LogP contribution in [-0.4, -0.2) is 31.6 Å². The number of carbonyl (C=O) groups excluding carboxylic acids is 2. The van der Waals surface area contributed by atoms with Gasteiger partial charge in [0, 0.05) is 6.54 Å². The van der Waals surface area contributed by atoms with Crippen LogP contribution in [0.3, 0.4) is 0 Å². The molecule has 0 saturated heterocycles. The van der Waals surface area contributed by atoms with Gasteiger partial charge in [-0.1, -0.05) is 60.5 Å². The first-order valence-electron chi connectivity index (χ1n) is 8.40. The molecule has 0 saturated carbocycles. The molecule has 2 aromatic carbocycles. The molecule has 7 heteroatoms. The molecule has 0 aliphatic rings. The molecule has 0 radical (unpaired) electrons. The zero-order valence-corrected chi connectivity index (χ0v) is 16.8. The molecule has 0 fully saturated rings. The SMILES string of the molecule is COc1c(Cl)cc(C(=O)O[C@H](C)C(=O)NC[C@@H](C)c2ccccc2)cc1Cl. The summed E-state index contributed by atoms with van der Waals surface area (Å²) in [5.41, 5.74) is 1.26. The minimum atomic E-state index is -0.958. The number of nitrogens with one attached hydrogen (secondary N) is 1. The van der Waals surface area contributed by atoms with Gasteiger partial charge < -0.3 is 14.8 Å². The maximum absolute atomic E-state index is 12.3. The zero-order chi connectivity index (χ0) is 20.0. The predicted molar refractivity (Wildman–Crippen MR) is 106 cm³/mol. The first kappa shape index (κ1) is 21.1. The predicted octanol–water partition coefficient (Wildman–Crippen LogP) is 4.47. The van der Waals surface area contributed by atoms with E-state index >= 15 is 0 Å². The molecule has 144 valence electrons. The number of hydrogen-bond donors (Lipinski definition) is 1. The molecule has 27 heavy (non-hydrogen) atoms.